The molecule has 2 N–H and O–H groups in total. The number of Topliss-reactive ketones (excluding diaryl/α,β-unsaturated/α-hetero) is 1. The van der Waals surface area contributed by atoms with E-state index in [9.17, 15) is 14.7 Å². The number of rotatable bonds is 9. The Labute approximate surface area is 232 Å². The average Bonchev–Trinajstić information content (AvgIpc) is 3.43. The predicted molar refractivity (Wildman–Crippen MR) is 154 cm³/mol. The predicted octanol–water partition coefficient (Wildman–Crippen LogP) is 5.82. The molecule has 0 bridgehead atoms. The number of aromatic amines is 1. The number of hydrogen-bond donors (Lipinski definition) is 2. The normalized spacial score (nSPS) is 14.5. The number of anilines is 1. The number of nitrogens with one attached hydrogen (secondary N) is 1. The highest BCUT2D eigenvalue weighted by Gasteiger charge is 2.44. The van der Waals surface area contributed by atoms with E-state index in [4.69, 9.17) is 0 Å². The lowest BCUT2D eigenvalue weighted by atomic mass is 9.67. The van der Waals surface area contributed by atoms with Gasteiger partial charge in [0.15, 0.2) is 5.78 Å². The summed E-state index contributed by atoms with van der Waals surface area (Å²) in [5, 5.41) is 24.9. The Bertz CT molecular complexity index is 1330. The van der Waals surface area contributed by atoms with Gasteiger partial charge < -0.3 is 5.11 Å². The quantitative estimate of drug-likeness (QED) is 0.336. The minimum Gasteiger partial charge on any atom is -0.389 e. The van der Waals surface area contributed by atoms with Crippen molar-refractivity contribution in [2.75, 3.05) is 11.9 Å². The average molecular weight is 534 g/mol. The SMILES string of the molecule is CCC(CC)(c1ccc(C(=O)C(C)C(C)(O)C(C)(C)C)c(C)c1)c1ccc(C(=O)N(C)c2nn[nH]n2)c(C)c1. The maximum Gasteiger partial charge on any atom is 0.272 e. The van der Waals surface area contributed by atoms with Gasteiger partial charge in [-0.2, -0.15) is 5.21 Å². The smallest absolute Gasteiger partial charge is 0.272 e. The van der Waals surface area contributed by atoms with E-state index in [0.29, 0.717) is 11.1 Å². The number of ketones is 1. The van der Waals surface area contributed by atoms with E-state index in [1.54, 1.807) is 14.0 Å². The summed E-state index contributed by atoms with van der Waals surface area (Å²) >= 11 is 0. The van der Waals surface area contributed by atoms with Gasteiger partial charge in [0.05, 0.1) is 5.60 Å². The Morgan fingerprint density at radius 1 is 0.949 bits per heavy atom. The van der Waals surface area contributed by atoms with Gasteiger partial charge in [0.25, 0.3) is 11.9 Å². The molecule has 8 heteroatoms. The zero-order chi connectivity index (χ0) is 29.3. The number of aryl methyl sites for hydroxylation is 2. The summed E-state index contributed by atoms with van der Waals surface area (Å²) in [5.74, 6) is -0.606. The molecule has 2 aromatic carbocycles. The lowest BCUT2D eigenvalue weighted by Gasteiger charge is -2.41. The van der Waals surface area contributed by atoms with Crippen LogP contribution in [0.2, 0.25) is 0 Å². The molecule has 0 aliphatic heterocycles. The number of carbonyl (C=O) groups is 2. The molecule has 1 heterocycles. The van der Waals surface area contributed by atoms with E-state index >= 15 is 0 Å². The first-order chi connectivity index (χ1) is 18.1. The second kappa shape index (κ2) is 11.0. The lowest BCUT2D eigenvalue weighted by molar-refractivity contribution is -0.0725. The topological polar surface area (TPSA) is 112 Å². The van der Waals surface area contributed by atoms with Gasteiger partial charge in [0.1, 0.15) is 0 Å². The van der Waals surface area contributed by atoms with E-state index < -0.39 is 16.9 Å². The van der Waals surface area contributed by atoms with E-state index in [2.05, 4.69) is 46.6 Å². The van der Waals surface area contributed by atoms with Gasteiger partial charge in [-0.1, -0.05) is 77.0 Å². The van der Waals surface area contributed by atoms with Gasteiger partial charge in [-0.3, -0.25) is 14.5 Å². The van der Waals surface area contributed by atoms with E-state index in [1.807, 2.05) is 65.8 Å². The van der Waals surface area contributed by atoms with E-state index in [-0.39, 0.29) is 23.1 Å². The number of tetrazole rings is 1. The van der Waals surface area contributed by atoms with Crippen LogP contribution in [0.25, 0.3) is 0 Å². The van der Waals surface area contributed by atoms with Crippen LogP contribution in [0.1, 0.15) is 104 Å². The summed E-state index contributed by atoms with van der Waals surface area (Å²) in [5.41, 5.74) is 3.32. The molecule has 0 fully saturated rings. The van der Waals surface area contributed by atoms with Gasteiger partial charge in [-0.05, 0) is 72.6 Å². The number of aliphatic hydroxyl groups is 1. The number of H-pyrrole nitrogens is 1. The summed E-state index contributed by atoms with van der Waals surface area (Å²) in [6, 6.07) is 12.0. The maximum atomic E-state index is 13.5. The number of nitrogens with zero attached hydrogens (tertiary/aromatic N) is 4. The van der Waals surface area contributed by atoms with Crippen LogP contribution in [0.4, 0.5) is 5.95 Å². The largest absolute Gasteiger partial charge is 0.389 e. The second-order valence-electron chi connectivity index (χ2n) is 11.9. The third-order valence-electron chi connectivity index (χ3n) is 8.95. The van der Waals surface area contributed by atoms with Gasteiger partial charge in [0, 0.05) is 29.5 Å². The molecule has 2 unspecified atom stereocenters. The van der Waals surface area contributed by atoms with Gasteiger partial charge in [-0.15, -0.1) is 5.10 Å². The third kappa shape index (κ3) is 5.39. The molecule has 210 valence electrons. The van der Waals surface area contributed by atoms with E-state index in [1.165, 1.54) is 4.90 Å². The summed E-state index contributed by atoms with van der Waals surface area (Å²) in [6.45, 7) is 17.6. The number of carbonyl (C=O) groups excluding carboxylic acids is 2. The van der Waals surface area contributed by atoms with Gasteiger partial charge in [0.2, 0.25) is 0 Å². The van der Waals surface area contributed by atoms with Crippen LogP contribution >= 0.6 is 0 Å². The molecule has 1 aromatic heterocycles. The van der Waals surface area contributed by atoms with Gasteiger partial charge in [-0.25, -0.2) is 0 Å². The molecule has 0 aliphatic carbocycles. The highest BCUT2D eigenvalue weighted by Crippen LogP contribution is 2.42. The van der Waals surface area contributed by atoms with Crippen molar-refractivity contribution in [3.8, 4) is 0 Å². The molecular formula is C31H43N5O3. The maximum absolute atomic E-state index is 13.5. The van der Waals surface area contributed by atoms with Crippen molar-refractivity contribution >= 4 is 17.6 Å². The molecule has 0 aliphatic rings. The van der Waals surface area contributed by atoms with Crippen molar-refractivity contribution in [1.29, 1.82) is 0 Å². The first kappa shape index (κ1) is 30.2. The summed E-state index contributed by atoms with van der Waals surface area (Å²) < 4.78 is 0. The van der Waals surface area contributed by atoms with Crippen molar-refractivity contribution in [3.63, 3.8) is 0 Å². The van der Waals surface area contributed by atoms with Crippen LogP contribution < -0.4 is 4.90 Å². The monoisotopic (exact) mass is 533 g/mol. The summed E-state index contributed by atoms with van der Waals surface area (Å²) in [4.78, 5) is 28.0. The fourth-order valence-electron chi connectivity index (χ4n) is 5.38. The molecule has 0 radical (unpaired) electrons. The van der Waals surface area contributed by atoms with Crippen molar-refractivity contribution in [1.82, 2.24) is 20.6 Å². The van der Waals surface area contributed by atoms with E-state index in [0.717, 1.165) is 35.1 Å². The van der Waals surface area contributed by atoms with Crippen LogP contribution in [0.3, 0.4) is 0 Å². The minimum absolute atomic E-state index is 0.0537. The standard InChI is InChI=1S/C31H43N5O3/c1-11-31(12-2,23-14-16-25(20(4)18-23)27(38)36(10)28-32-34-35-33-28)22-13-15-24(19(3)17-22)26(37)21(5)30(9,39)29(6,7)8/h13-18,21,39H,11-12H2,1-10H3,(H,32,33,34,35). The molecule has 0 spiro atoms. The fraction of sp³-hybridized carbons (Fsp3) is 0.516. The van der Waals surface area contributed by atoms with Crippen LogP contribution in [0.15, 0.2) is 36.4 Å². The zero-order valence-corrected chi connectivity index (χ0v) is 25.0. The Hall–Kier alpha value is -3.39. The Kier molecular flexibility index (Phi) is 8.51. The van der Waals surface area contributed by atoms with Crippen LogP contribution in [0, 0.1) is 25.2 Å². The number of hydrogen-bond acceptors (Lipinski definition) is 6. The molecule has 3 aromatic rings. The van der Waals surface area contributed by atoms with Gasteiger partial charge >= 0.3 is 0 Å². The van der Waals surface area contributed by atoms with Crippen molar-refractivity contribution in [2.24, 2.45) is 11.3 Å². The Morgan fingerprint density at radius 3 is 1.87 bits per heavy atom. The molecule has 8 nitrogen and oxygen atoms in total. The lowest BCUT2D eigenvalue weighted by Crippen LogP contribution is -2.48. The van der Waals surface area contributed by atoms with Crippen LogP contribution in [0.5, 0.6) is 0 Å². The highest BCUT2D eigenvalue weighted by molar-refractivity contribution is 6.05. The van der Waals surface area contributed by atoms with Crippen molar-refractivity contribution in [3.05, 3.63) is 69.8 Å². The molecule has 3 rings (SSSR count). The zero-order valence-electron chi connectivity index (χ0n) is 25.0. The second-order valence-corrected chi connectivity index (χ2v) is 11.9. The van der Waals surface area contributed by atoms with Crippen molar-refractivity contribution < 1.29 is 14.7 Å². The number of benzene rings is 2. The number of aromatic nitrogens is 4. The molecule has 0 saturated carbocycles. The van der Waals surface area contributed by atoms with Crippen LogP contribution in [-0.4, -0.2) is 50.1 Å². The Morgan fingerprint density at radius 2 is 1.46 bits per heavy atom. The van der Waals surface area contributed by atoms with Crippen molar-refractivity contribution in [2.45, 2.75) is 86.2 Å². The fourth-order valence-corrected chi connectivity index (χ4v) is 5.38. The molecule has 1 amide bonds. The summed E-state index contributed by atoms with van der Waals surface area (Å²) in [6.07, 6.45) is 1.70. The summed E-state index contributed by atoms with van der Waals surface area (Å²) in [7, 11) is 1.62. The first-order valence-corrected chi connectivity index (χ1v) is 13.6. The highest BCUT2D eigenvalue weighted by atomic mass is 16.3. The molecule has 0 saturated heterocycles. The number of amides is 1. The first-order valence-electron chi connectivity index (χ1n) is 13.6. The third-order valence-corrected chi connectivity index (χ3v) is 8.95. The molecule has 2 atom stereocenters. The van der Waals surface area contributed by atoms with Crippen LogP contribution in [-0.2, 0) is 5.41 Å². The Balaban J connectivity index is 1.99. The minimum atomic E-state index is -1.15. The molecule has 39 heavy (non-hydrogen) atoms. The molecular weight excluding hydrogens is 490 g/mol.